The predicted molar refractivity (Wildman–Crippen MR) is 64.1 cm³/mol. The number of nitrogens with one attached hydrogen (secondary N) is 1. The second-order valence-corrected chi connectivity index (χ2v) is 4.43. The van der Waals surface area contributed by atoms with Crippen molar-refractivity contribution in [3.8, 4) is 0 Å². The van der Waals surface area contributed by atoms with Crippen LogP contribution < -0.4 is 5.32 Å². The zero-order valence-electron chi connectivity index (χ0n) is 10.0. The van der Waals surface area contributed by atoms with Gasteiger partial charge in [-0.3, -0.25) is 0 Å². The zero-order valence-corrected chi connectivity index (χ0v) is 10.0. The lowest BCUT2D eigenvalue weighted by molar-refractivity contribution is -0.0191. The average molecular weight is 212 g/mol. The highest BCUT2D eigenvalue weighted by molar-refractivity contribution is 4.75. The summed E-state index contributed by atoms with van der Waals surface area (Å²) in [7, 11) is 2.15. The predicted octanol–water partition coefficient (Wildman–Crippen LogP) is 1.26. The summed E-state index contributed by atoms with van der Waals surface area (Å²) in [6.07, 6.45) is 4.57. The fourth-order valence-electron chi connectivity index (χ4n) is 1.79. The van der Waals surface area contributed by atoms with Gasteiger partial charge < -0.3 is 15.0 Å². The Kier molecular flexibility index (Phi) is 5.91. The van der Waals surface area contributed by atoms with Gasteiger partial charge in [0, 0.05) is 25.7 Å². The van der Waals surface area contributed by atoms with E-state index in [4.69, 9.17) is 4.74 Å². The maximum atomic E-state index is 5.68. The van der Waals surface area contributed by atoms with Crippen molar-refractivity contribution in [2.75, 3.05) is 33.3 Å². The van der Waals surface area contributed by atoms with Crippen molar-refractivity contribution in [3.05, 3.63) is 12.7 Å². The van der Waals surface area contributed by atoms with Gasteiger partial charge in [0.15, 0.2) is 0 Å². The van der Waals surface area contributed by atoms with Crippen LogP contribution in [0.2, 0.25) is 0 Å². The van der Waals surface area contributed by atoms with E-state index in [1.54, 1.807) is 0 Å². The number of nitrogens with zero attached hydrogens (tertiary/aromatic N) is 1. The second-order valence-electron chi connectivity index (χ2n) is 4.43. The lowest BCUT2D eigenvalue weighted by Crippen LogP contribution is -2.46. The highest BCUT2D eigenvalue weighted by atomic mass is 16.5. The van der Waals surface area contributed by atoms with Crippen molar-refractivity contribution in [1.29, 1.82) is 0 Å². The molecule has 3 nitrogen and oxygen atoms in total. The Labute approximate surface area is 93.5 Å². The highest BCUT2D eigenvalue weighted by Gasteiger charge is 2.17. The van der Waals surface area contributed by atoms with Crippen LogP contribution in [-0.4, -0.2) is 50.3 Å². The van der Waals surface area contributed by atoms with Crippen LogP contribution >= 0.6 is 0 Å². The zero-order chi connectivity index (χ0) is 11.1. The molecule has 0 amide bonds. The Morgan fingerprint density at radius 1 is 1.67 bits per heavy atom. The molecular formula is C12H24N2O. The largest absolute Gasteiger partial charge is 0.374 e. The molecule has 1 N–H and O–H groups in total. The highest BCUT2D eigenvalue weighted by Crippen LogP contribution is 2.03. The molecule has 0 aromatic rings. The minimum atomic E-state index is 0.356. The summed E-state index contributed by atoms with van der Waals surface area (Å²) in [5.41, 5.74) is 0. The monoisotopic (exact) mass is 212 g/mol. The van der Waals surface area contributed by atoms with E-state index in [2.05, 4.69) is 30.8 Å². The van der Waals surface area contributed by atoms with Gasteiger partial charge in [-0.2, -0.15) is 0 Å². The summed E-state index contributed by atoms with van der Waals surface area (Å²) >= 11 is 0. The first-order chi connectivity index (χ1) is 7.22. The van der Waals surface area contributed by atoms with Gasteiger partial charge in [-0.15, -0.1) is 6.58 Å². The number of hydrogen-bond acceptors (Lipinski definition) is 3. The molecule has 88 valence electrons. The third kappa shape index (κ3) is 5.30. The molecule has 3 heteroatoms. The molecule has 15 heavy (non-hydrogen) atoms. The van der Waals surface area contributed by atoms with Gasteiger partial charge in [-0.25, -0.2) is 0 Å². The summed E-state index contributed by atoms with van der Waals surface area (Å²) < 4.78 is 5.68. The standard InChI is InChI=1S/C12H24N2O/c1-4-5-6-11(2)13-9-12-10-14(3)7-8-15-12/h4,11-13H,1,5-10H2,2-3H3/t11-,12+/m0/s1. The first-order valence-electron chi connectivity index (χ1n) is 5.86. The van der Waals surface area contributed by atoms with Crippen molar-refractivity contribution in [2.45, 2.75) is 31.9 Å². The topological polar surface area (TPSA) is 24.5 Å². The Bertz CT molecular complexity index is 184. The third-order valence-electron chi connectivity index (χ3n) is 2.84. The van der Waals surface area contributed by atoms with Crippen LogP contribution in [0.25, 0.3) is 0 Å². The molecule has 0 spiro atoms. The molecule has 0 aliphatic carbocycles. The quantitative estimate of drug-likeness (QED) is 0.671. The van der Waals surface area contributed by atoms with E-state index in [0.717, 1.165) is 39.1 Å². The van der Waals surface area contributed by atoms with Gasteiger partial charge in [0.1, 0.15) is 0 Å². The summed E-state index contributed by atoms with van der Waals surface area (Å²) in [6, 6.07) is 0.554. The summed E-state index contributed by atoms with van der Waals surface area (Å²) in [5.74, 6) is 0. The van der Waals surface area contributed by atoms with Gasteiger partial charge in [0.2, 0.25) is 0 Å². The second kappa shape index (κ2) is 6.99. The van der Waals surface area contributed by atoms with E-state index in [1.807, 2.05) is 6.08 Å². The molecule has 1 saturated heterocycles. The maximum Gasteiger partial charge on any atom is 0.0826 e. The lowest BCUT2D eigenvalue weighted by Gasteiger charge is -2.31. The molecule has 1 heterocycles. The Morgan fingerprint density at radius 2 is 2.47 bits per heavy atom. The van der Waals surface area contributed by atoms with Crippen molar-refractivity contribution >= 4 is 0 Å². The van der Waals surface area contributed by atoms with E-state index in [1.165, 1.54) is 0 Å². The van der Waals surface area contributed by atoms with Crippen LogP contribution in [0.1, 0.15) is 19.8 Å². The van der Waals surface area contributed by atoms with Gasteiger partial charge in [-0.05, 0) is 26.8 Å². The van der Waals surface area contributed by atoms with Crippen molar-refractivity contribution < 1.29 is 4.74 Å². The molecular weight excluding hydrogens is 188 g/mol. The number of likely N-dealkylation sites (N-methyl/N-ethyl adjacent to an activating group) is 1. The minimum Gasteiger partial charge on any atom is -0.374 e. The van der Waals surface area contributed by atoms with E-state index in [-0.39, 0.29) is 0 Å². The molecule has 1 fully saturated rings. The lowest BCUT2D eigenvalue weighted by atomic mass is 10.1. The van der Waals surface area contributed by atoms with Gasteiger partial charge in [-0.1, -0.05) is 6.08 Å². The summed E-state index contributed by atoms with van der Waals surface area (Å²) in [5, 5.41) is 3.51. The molecule has 0 unspecified atom stereocenters. The summed E-state index contributed by atoms with van der Waals surface area (Å²) in [6.45, 7) is 9.88. The third-order valence-corrected chi connectivity index (χ3v) is 2.84. The Hall–Kier alpha value is -0.380. The van der Waals surface area contributed by atoms with E-state index < -0.39 is 0 Å². The minimum absolute atomic E-state index is 0.356. The molecule has 2 atom stereocenters. The molecule has 0 aromatic carbocycles. The molecule has 1 rings (SSSR count). The average Bonchev–Trinajstić information content (AvgIpc) is 2.23. The number of rotatable bonds is 6. The van der Waals surface area contributed by atoms with E-state index in [0.29, 0.717) is 12.1 Å². The van der Waals surface area contributed by atoms with E-state index in [9.17, 15) is 0 Å². The Morgan fingerprint density at radius 3 is 3.13 bits per heavy atom. The number of ether oxygens (including phenoxy) is 1. The van der Waals surface area contributed by atoms with Crippen molar-refractivity contribution in [2.24, 2.45) is 0 Å². The number of hydrogen-bond donors (Lipinski definition) is 1. The summed E-state index contributed by atoms with van der Waals surface area (Å²) in [4.78, 5) is 2.32. The van der Waals surface area contributed by atoms with Gasteiger partial charge in [0.05, 0.1) is 12.7 Å². The van der Waals surface area contributed by atoms with Gasteiger partial charge >= 0.3 is 0 Å². The maximum absolute atomic E-state index is 5.68. The Balaban J connectivity index is 2.10. The fourth-order valence-corrected chi connectivity index (χ4v) is 1.79. The van der Waals surface area contributed by atoms with Crippen LogP contribution in [-0.2, 0) is 4.74 Å². The van der Waals surface area contributed by atoms with Crippen molar-refractivity contribution in [3.63, 3.8) is 0 Å². The molecule has 1 aliphatic rings. The normalized spacial score (nSPS) is 25.1. The number of morpholine rings is 1. The molecule has 0 saturated carbocycles. The first kappa shape index (κ1) is 12.7. The van der Waals surface area contributed by atoms with Crippen LogP contribution in [0.5, 0.6) is 0 Å². The van der Waals surface area contributed by atoms with Crippen LogP contribution in [0, 0.1) is 0 Å². The van der Waals surface area contributed by atoms with Crippen molar-refractivity contribution in [1.82, 2.24) is 10.2 Å². The van der Waals surface area contributed by atoms with Gasteiger partial charge in [0.25, 0.3) is 0 Å². The first-order valence-corrected chi connectivity index (χ1v) is 5.86. The van der Waals surface area contributed by atoms with Crippen LogP contribution in [0.4, 0.5) is 0 Å². The fraction of sp³-hybridized carbons (Fsp3) is 0.833. The van der Waals surface area contributed by atoms with Crippen LogP contribution in [0.15, 0.2) is 12.7 Å². The molecule has 0 bridgehead atoms. The molecule has 0 aromatic heterocycles. The van der Waals surface area contributed by atoms with E-state index >= 15 is 0 Å². The van der Waals surface area contributed by atoms with Crippen LogP contribution in [0.3, 0.4) is 0 Å². The smallest absolute Gasteiger partial charge is 0.0826 e. The number of allylic oxidation sites excluding steroid dienone is 1. The SMILES string of the molecule is C=CCC[C@H](C)NC[C@@H]1CN(C)CCO1. The molecule has 0 radical (unpaired) electrons. The molecule has 1 aliphatic heterocycles.